The molecule has 5 heteroatoms. The zero-order valence-electron chi connectivity index (χ0n) is 14.5. The van der Waals surface area contributed by atoms with Gasteiger partial charge in [0.05, 0.1) is 12.4 Å². The summed E-state index contributed by atoms with van der Waals surface area (Å²) in [5, 5.41) is 6.04. The Hall–Kier alpha value is -3.21. The Morgan fingerprint density at radius 3 is 2.36 bits per heavy atom. The number of benzene rings is 2. The summed E-state index contributed by atoms with van der Waals surface area (Å²) in [6.07, 6.45) is 3.02. The molecule has 0 atom stereocenters. The number of aromatic nitrogens is 2. The molecule has 1 aromatic heterocycles. The van der Waals surface area contributed by atoms with E-state index in [1.807, 2.05) is 63.2 Å². The van der Waals surface area contributed by atoms with E-state index in [2.05, 4.69) is 20.6 Å². The van der Waals surface area contributed by atoms with E-state index in [0.717, 1.165) is 22.5 Å². The molecular formula is C20H20N4O. The Kier molecular flexibility index (Phi) is 4.75. The van der Waals surface area contributed by atoms with Crippen LogP contribution in [-0.2, 0) is 0 Å². The fraction of sp³-hybridized carbons (Fsp3) is 0.150. The van der Waals surface area contributed by atoms with E-state index in [-0.39, 0.29) is 11.6 Å². The molecule has 0 bridgehead atoms. The number of carbonyl (C=O) groups is 1. The first-order valence-electron chi connectivity index (χ1n) is 8.06. The predicted molar refractivity (Wildman–Crippen MR) is 100 cm³/mol. The van der Waals surface area contributed by atoms with Crippen LogP contribution < -0.4 is 10.6 Å². The summed E-state index contributed by atoms with van der Waals surface area (Å²) in [4.78, 5) is 20.8. The van der Waals surface area contributed by atoms with Crippen molar-refractivity contribution in [1.82, 2.24) is 9.97 Å². The van der Waals surface area contributed by atoms with Gasteiger partial charge in [-0.15, -0.1) is 0 Å². The number of aryl methyl sites for hydroxylation is 2. The summed E-state index contributed by atoms with van der Waals surface area (Å²) in [5.74, 6) is 0.315. The molecule has 0 fully saturated rings. The van der Waals surface area contributed by atoms with Crippen LogP contribution in [0.2, 0.25) is 0 Å². The molecule has 0 aliphatic heterocycles. The van der Waals surface area contributed by atoms with Crippen LogP contribution >= 0.6 is 0 Å². The topological polar surface area (TPSA) is 66.9 Å². The molecule has 25 heavy (non-hydrogen) atoms. The molecule has 2 aromatic carbocycles. The largest absolute Gasteiger partial charge is 0.339 e. The molecule has 0 unspecified atom stereocenters. The molecule has 1 heterocycles. The Morgan fingerprint density at radius 2 is 1.68 bits per heavy atom. The lowest BCUT2D eigenvalue weighted by atomic mass is 10.1. The number of carbonyl (C=O) groups excluding carboxylic acids is 1. The fourth-order valence-corrected chi connectivity index (χ4v) is 2.37. The lowest BCUT2D eigenvalue weighted by Crippen LogP contribution is -2.15. The standard InChI is InChI=1S/C20H20N4O/c1-13-7-9-16(10-8-13)23-19-12-21-18(11-22-19)20(25)24-17-6-4-5-14(2)15(17)3/h4-12H,1-3H3,(H,22,23)(H,24,25). The molecule has 0 radical (unpaired) electrons. The van der Waals surface area contributed by atoms with Crippen molar-refractivity contribution in [3.63, 3.8) is 0 Å². The Bertz CT molecular complexity index is 887. The summed E-state index contributed by atoms with van der Waals surface area (Å²) >= 11 is 0. The molecule has 0 saturated heterocycles. The van der Waals surface area contributed by atoms with Gasteiger partial charge in [0.2, 0.25) is 0 Å². The van der Waals surface area contributed by atoms with Gasteiger partial charge in [-0.2, -0.15) is 0 Å². The highest BCUT2D eigenvalue weighted by atomic mass is 16.1. The predicted octanol–water partition coefficient (Wildman–Crippen LogP) is 4.40. The fourth-order valence-electron chi connectivity index (χ4n) is 2.37. The third kappa shape index (κ3) is 4.01. The maximum atomic E-state index is 12.4. The molecule has 2 N–H and O–H groups in total. The van der Waals surface area contributed by atoms with Crippen LogP contribution in [0, 0.1) is 20.8 Å². The molecule has 0 spiro atoms. The summed E-state index contributed by atoms with van der Waals surface area (Å²) in [6.45, 7) is 6.02. The number of hydrogen-bond acceptors (Lipinski definition) is 4. The van der Waals surface area contributed by atoms with Gasteiger partial charge < -0.3 is 10.6 Å². The highest BCUT2D eigenvalue weighted by molar-refractivity contribution is 6.03. The van der Waals surface area contributed by atoms with E-state index in [0.29, 0.717) is 5.82 Å². The number of amides is 1. The van der Waals surface area contributed by atoms with Crippen LogP contribution in [0.4, 0.5) is 17.2 Å². The number of anilines is 3. The Balaban J connectivity index is 1.70. The summed E-state index contributed by atoms with van der Waals surface area (Å²) < 4.78 is 0. The van der Waals surface area contributed by atoms with Crippen molar-refractivity contribution in [2.45, 2.75) is 20.8 Å². The van der Waals surface area contributed by atoms with Crippen molar-refractivity contribution in [3.8, 4) is 0 Å². The molecule has 5 nitrogen and oxygen atoms in total. The molecule has 0 saturated carbocycles. The SMILES string of the molecule is Cc1ccc(Nc2cnc(C(=O)Nc3cccc(C)c3C)cn2)cc1. The lowest BCUT2D eigenvalue weighted by molar-refractivity contribution is 0.102. The van der Waals surface area contributed by atoms with Crippen LogP contribution in [0.25, 0.3) is 0 Å². The van der Waals surface area contributed by atoms with Crippen molar-refractivity contribution in [2.75, 3.05) is 10.6 Å². The van der Waals surface area contributed by atoms with E-state index >= 15 is 0 Å². The first-order valence-corrected chi connectivity index (χ1v) is 8.06. The van der Waals surface area contributed by atoms with Crippen LogP contribution in [0.15, 0.2) is 54.9 Å². The third-order valence-electron chi connectivity index (χ3n) is 4.06. The van der Waals surface area contributed by atoms with Gasteiger partial charge in [0.25, 0.3) is 5.91 Å². The molecule has 3 aromatic rings. The van der Waals surface area contributed by atoms with Crippen molar-refractivity contribution in [1.29, 1.82) is 0 Å². The third-order valence-corrected chi connectivity index (χ3v) is 4.06. The van der Waals surface area contributed by atoms with Gasteiger partial charge in [0.15, 0.2) is 0 Å². The van der Waals surface area contributed by atoms with Crippen LogP contribution in [-0.4, -0.2) is 15.9 Å². The number of nitrogens with zero attached hydrogens (tertiary/aromatic N) is 2. The monoisotopic (exact) mass is 332 g/mol. The van der Waals surface area contributed by atoms with Gasteiger partial charge in [-0.1, -0.05) is 29.8 Å². The second-order valence-electron chi connectivity index (χ2n) is 5.98. The normalized spacial score (nSPS) is 10.4. The minimum absolute atomic E-state index is 0.273. The summed E-state index contributed by atoms with van der Waals surface area (Å²) in [6, 6.07) is 13.8. The van der Waals surface area contributed by atoms with Crippen molar-refractivity contribution in [2.24, 2.45) is 0 Å². The molecule has 126 valence electrons. The van der Waals surface area contributed by atoms with Gasteiger partial charge in [-0.25, -0.2) is 9.97 Å². The van der Waals surface area contributed by atoms with Gasteiger partial charge in [-0.05, 0) is 50.1 Å². The summed E-state index contributed by atoms with van der Waals surface area (Å²) in [7, 11) is 0. The first kappa shape index (κ1) is 16.6. The minimum atomic E-state index is -0.275. The Labute approximate surface area is 147 Å². The average molecular weight is 332 g/mol. The Morgan fingerprint density at radius 1 is 0.920 bits per heavy atom. The average Bonchev–Trinajstić information content (AvgIpc) is 2.61. The number of hydrogen-bond donors (Lipinski definition) is 2. The van der Waals surface area contributed by atoms with Crippen LogP contribution in [0.3, 0.4) is 0 Å². The highest BCUT2D eigenvalue weighted by Gasteiger charge is 2.10. The van der Waals surface area contributed by atoms with E-state index in [1.165, 1.54) is 11.8 Å². The molecular weight excluding hydrogens is 312 g/mol. The maximum Gasteiger partial charge on any atom is 0.275 e. The molecule has 0 aliphatic carbocycles. The molecule has 0 aliphatic rings. The van der Waals surface area contributed by atoms with Gasteiger partial charge in [0.1, 0.15) is 11.5 Å². The van der Waals surface area contributed by atoms with Crippen molar-refractivity contribution < 1.29 is 4.79 Å². The zero-order chi connectivity index (χ0) is 17.8. The van der Waals surface area contributed by atoms with Gasteiger partial charge >= 0.3 is 0 Å². The maximum absolute atomic E-state index is 12.4. The summed E-state index contributed by atoms with van der Waals surface area (Å²) in [5.41, 5.74) is 5.34. The van der Waals surface area contributed by atoms with Gasteiger partial charge in [-0.3, -0.25) is 4.79 Å². The van der Waals surface area contributed by atoms with Gasteiger partial charge in [0, 0.05) is 11.4 Å². The van der Waals surface area contributed by atoms with Crippen molar-refractivity contribution in [3.05, 3.63) is 77.2 Å². The van der Waals surface area contributed by atoms with Crippen LogP contribution in [0.1, 0.15) is 27.2 Å². The minimum Gasteiger partial charge on any atom is -0.339 e. The first-order chi connectivity index (χ1) is 12.0. The zero-order valence-corrected chi connectivity index (χ0v) is 14.5. The van der Waals surface area contributed by atoms with E-state index < -0.39 is 0 Å². The molecule has 3 rings (SSSR count). The smallest absolute Gasteiger partial charge is 0.275 e. The quantitative estimate of drug-likeness (QED) is 0.743. The number of rotatable bonds is 4. The van der Waals surface area contributed by atoms with E-state index in [4.69, 9.17) is 0 Å². The van der Waals surface area contributed by atoms with E-state index in [1.54, 1.807) is 6.20 Å². The number of nitrogens with one attached hydrogen (secondary N) is 2. The van der Waals surface area contributed by atoms with Crippen molar-refractivity contribution >= 4 is 23.1 Å². The lowest BCUT2D eigenvalue weighted by Gasteiger charge is -2.10. The highest BCUT2D eigenvalue weighted by Crippen LogP contribution is 2.19. The molecule has 1 amide bonds. The van der Waals surface area contributed by atoms with E-state index in [9.17, 15) is 4.79 Å². The van der Waals surface area contributed by atoms with Crippen LogP contribution in [0.5, 0.6) is 0 Å². The second kappa shape index (κ2) is 7.13. The second-order valence-corrected chi connectivity index (χ2v) is 5.98.